The predicted octanol–water partition coefficient (Wildman–Crippen LogP) is 3.04. The average Bonchev–Trinajstić information content (AvgIpc) is 3.15. The predicted molar refractivity (Wildman–Crippen MR) is 93.5 cm³/mol. The molecule has 0 fully saturated rings. The second-order valence-corrected chi connectivity index (χ2v) is 6.60. The molecule has 6 nitrogen and oxygen atoms in total. The van der Waals surface area contributed by atoms with Gasteiger partial charge in [0.1, 0.15) is 19.8 Å². The Kier molecular flexibility index (Phi) is 5.78. The quantitative estimate of drug-likeness (QED) is 0.778. The summed E-state index contributed by atoms with van der Waals surface area (Å²) in [4.78, 5) is 24.2. The molecule has 0 saturated heterocycles. The molecule has 0 saturated carbocycles. The fourth-order valence-electron chi connectivity index (χ4n) is 2.26. The van der Waals surface area contributed by atoms with Crippen molar-refractivity contribution in [3.63, 3.8) is 0 Å². The van der Waals surface area contributed by atoms with Crippen LogP contribution >= 0.6 is 22.9 Å². The highest BCUT2D eigenvalue weighted by atomic mass is 35.5. The molecule has 1 aromatic heterocycles. The van der Waals surface area contributed by atoms with Gasteiger partial charge in [0, 0.05) is 6.54 Å². The van der Waals surface area contributed by atoms with Crippen LogP contribution < -0.4 is 14.8 Å². The zero-order valence-corrected chi connectivity index (χ0v) is 14.8. The molecule has 0 unspecified atom stereocenters. The van der Waals surface area contributed by atoms with Crippen molar-refractivity contribution in [3.8, 4) is 11.5 Å². The third kappa shape index (κ3) is 4.64. The Hall–Kier alpha value is -2.25. The largest absolute Gasteiger partial charge is 0.486 e. The SMILES string of the molecule is O=C(CCNC(=O)c1cccs1)OCc1cc(Cl)c2c(c1)OCCO2. The summed E-state index contributed by atoms with van der Waals surface area (Å²) in [5, 5.41) is 4.92. The molecule has 2 heterocycles. The first-order valence-corrected chi connectivity index (χ1v) is 8.94. The van der Waals surface area contributed by atoms with Crippen LogP contribution in [0.3, 0.4) is 0 Å². The molecule has 0 atom stereocenters. The number of rotatable bonds is 6. The lowest BCUT2D eigenvalue weighted by Crippen LogP contribution is -2.25. The first-order valence-electron chi connectivity index (χ1n) is 7.69. The third-order valence-electron chi connectivity index (χ3n) is 3.42. The molecule has 0 aliphatic carbocycles. The van der Waals surface area contributed by atoms with Crippen LogP contribution in [0.2, 0.25) is 5.02 Å². The van der Waals surface area contributed by atoms with E-state index in [1.165, 1.54) is 11.3 Å². The number of hydrogen-bond acceptors (Lipinski definition) is 6. The van der Waals surface area contributed by atoms with Gasteiger partial charge in [0.25, 0.3) is 5.91 Å². The van der Waals surface area contributed by atoms with E-state index in [1.807, 2.05) is 5.38 Å². The van der Waals surface area contributed by atoms with Crippen LogP contribution in [-0.4, -0.2) is 31.6 Å². The van der Waals surface area contributed by atoms with Crippen molar-refractivity contribution < 1.29 is 23.8 Å². The molecule has 8 heteroatoms. The van der Waals surface area contributed by atoms with E-state index in [0.29, 0.717) is 40.2 Å². The Balaban J connectivity index is 1.44. The third-order valence-corrected chi connectivity index (χ3v) is 4.57. The molecule has 1 aromatic carbocycles. The van der Waals surface area contributed by atoms with Crippen molar-refractivity contribution in [2.24, 2.45) is 0 Å². The van der Waals surface area contributed by atoms with E-state index in [4.69, 9.17) is 25.8 Å². The van der Waals surface area contributed by atoms with Gasteiger partial charge in [0.2, 0.25) is 0 Å². The fraction of sp³-hybridized carbons (Fsp3) is 0.294. The van der Waals surface area contributed by atoms with Crippen LogP contribution in [0.1, 0.15) is 21.7 Å². The summed E-state index contributed by atoms with van der Waals surface area (Å²) in [6.45, 7) is 1.21. The molecule has 0 spiro atoms. The minimum absolute atomic E-state index is 0.0774. The number of thiophene rings is 1. The van der Waals surface area contributed by atoms with Gasteiger partial charge in [0.15, 0.2) is 11.5 Å². The van der Waals surface area contributed by atoms with Crippen LogP contribution in [0, 0.1) is 0 Å². The van der Waals surface area contributed by atoms with Crippen molar-refractivity contribution in [1.82, 2.24) is 5.32 Å². The molecule has 0 radical (unpaired) electrons. The van der Waals surface area contributed by atoms with E-state index in [2.05, 4.69) is 5.32 Å². The number of fused-ring (bicyclic) bond motifs is 1. The number of carbonyl (C=O) groups excluding carboxylic acids is 2. The summed E-state index contributed by atoms with van der Waals surface area (Å²) in [7, 11) is 0. The van der Waals surface area contributed by atoms with E-state index in [9.17, 15) is 9.59 Å². The minimum Gasteiger partial charge on any atom is -0.486 e. The van der Waals surface area contributed by atoms with Crippen molar-refractivity contribution in [2.75, 3.05) is 19.8 Å². The molecule has 25 heavy (non-hydrogen) atoms. The summed E-state index contributed by atoms with van der Waals surface area (Å²) >= 11 is 7.49. The Labute approximate surface area is 153 Å². The number of hydrogen-bond donors (Lipinski definition) is 1. The number of benzene rings is 1. The van der Waals surface area contributed by atoms with E-state index in [0.717, 1.165) is 0 Å². The lowest BCUT2D eigenvalue weighted by Gasteiger charge is -2.20. The van der Waals surface area contributed by atoms with Gasteiger partial charge in [-0.15, -0.1) is 11.3 Å². The van der Waals surface area contributed by atoms with Gasteiger partial charge in [-0.2, -0.15) is 0 Å². The average molecular weight is 382 g/mol. The molecule has 3 rings (SSSR count). The molecule has 1 amide bonds. The second-order valence-electron chi connectivity index (χ2n) is 5.25. The van der Waals surface area contributed by atoms with Gasteiger partial charge < -0.3 is 19.5 Å². The number of amides is 1. The molecule has 0 bridgehead atoms. The van der Waals surface area contributed by atoms with Gasteiger partial charge >= 0.3 is 5.97 Å². The van der Waals surface area contributed by atoms with Crippen molar-refractivity contribution in [3.05, 3.63) is 45.1 Å². The van der Waals surface area contributed by atoms with Crippen LogP contribution in [-0.2, 0) is 16.1 Å². The highest BCUT2D eigenvalue weighted by Crippen LogP contribution is 2.38. The zero-order chi connectivity index (χ0) is 17.6. The normalized spacial score (nSPS) is 12.5. The molecule has 132 valence electrons. The van der Waals surface area contributed by atoms with Crippen molar-refractivity contribution in [2.45, 2.75) is 13.0 Å². The monoisotopic (exact) mass is 381 g/mol. The summed E-state index contributed by atoms with van der Waals surface area (Å²) in [6.07, 6.45) is 0.0927. The molecule has 1 aliphatic rings. The van der Waals surface area contributed by atoms with E-state index < -0.39 is 5.97 Å². The highest BCUT2D eigenvalue weighted by molar-refractivity contribution is 7.12. The lowest BCUT2D eigenvalue weighted by molar-refractivity contribution is -0.144. The number of carbonyl (C=O) groups is 2. The maximum atomic E-state index is 11.8. The maximum absolute atomic E-state index is 11.8. The second kappa shape index (κ2) is 8.22. The first-order chi connectivity index (χ1) is 12.1. The van der Waals surface area contributed by atoms with Crippen LogP contribution in [0.15, 0.2) is 29.6 Å². The van der Waals surface area contributed by atoms with E-state index in [1.54, 1.807) is 24.3 Å². The summed E-state index contributed by atoms with van der Waals surface area (Å²) in [5.74, 6) is 0.464. The number of ether oxygens (including phenoxy) is 3. The molecular weight excluding hydrogens is 366 g/mol. The van der Waals surface area contributed by atoms with Gasteiger partial charge in [-0.25, -0.2) is 0 Å². The van der Waals surface area contributed by atoms with Gasteiger partial charge in [0.05, 0.1) is 16.3 Å². The fourth-order valence-corrected chi connectivity index (χ4v) is 3.18. The zero-order valence-electron chi connectivity index (χ0n) is 13.2. The molecule has 1 aliphatic heterocycles. The van der Waals surface area contributed by atoms with Gasteiger partial charge in [-0.05, 0) is 29.1 Å². The standard InChI is InChI=1S/C17H16ClNO5S/c18-12-8-11(9-13-16(12)23-6-5-22-13)10-24-15(20)3-4-19-17(21)14-2-1-7-25-14/h1-2,7-9H,3-6,10H2,(H,19,21). The number of nitrogens with one attached hydrogen (secondary N) is 1. The highest BCUT2D eigenvalue weighted by Gasteiger charge is 2.17. The Morgan fingerprint density at radius 3 is 2.92 bits per heavy atom. The number of esters is 1. The Bertz CT molecular complexity index is 763. The first kappa shape index (κ1) is 17.6. The molecular formula is C17H16ClNO5S. The number of halogens is 1. The van der Waals surface area contributed by atoms with Crippen molar-refractivity contribution >= 4 is 34.8 Å². The van der Waals surface area contributed by atoms with Crippen LogP contribution in [0.4, 0.5) is 0 Å². The van der Waals surface area contributed by atoms with E-state index >= 15 is 0 Å². The molecule has 2 aromatic rings. The van der Waals surface area contributed by atoms with Crippen LogP contribution in [0.5, 0.6) is 11.5 Å². The summed E-state index contributed by atoms with van der Waals surface area (Å²) in [6, 6.07) is 6.95. The summed E-state index contributed by atoms with van der Waals surface area (Å²) < 4.78 is 16.1. The maximum Gasteiger partial charge on any atom is 0.307 e. The molecule has 1 N–H and O–H groups in total. The topological polar surface area (TPSA) is 73.9 Å². The van der Waals surface area contributed by atoms with Gasteiger partial charge in [-0.1, -0.05) is 17.7 Å². The Morgan fingerprint density at radius 1 is 1.28 bits per heavy atom. The Morgan fingerprint density at radius 2 is 2.12 bits per heavy atom. The summed E-state index contributed by atoms with van der Waals surface area (Å²) in [5.41, 5.74) is 0.713. The van der Waals surface area contributed by atoms with Gasteiger partial charge in [-0.3, -0.25) is 9.59 Å². The van der Waals surface area contributed by atoms with Crippen molar-refractivity contribution in [1.29, 1.82) is 0 Å². The van der Waals surface area contributed by atoms with Crippen LogP contribution in [0.25, 0.3) is 0 Å². The minimum atomic E-state index is -0.405. The lowest BCUT2D eigenvalue weighted by atomic mass is 10.2. The van der Waals surface area contributed by atoms with E-state index in [-0.39, 0.29) is 25.5 Å². The smallest absolute Gasteiger partial charge is 0.307 e.